The van der Waals surface area contributed by atoms with Crippen molar-refractivity contribution in [3.05, 3.63) is 17.8 Å². The van der Waals surface area contributed by atoms with Crippen LogP contribution >= 0.6 is 0 Å². The zero-order valence-electron chi connectivity index (χ0n) is 8.55. The van der Waals surface area contributed by atoms with Gasteiger partial charge in [-0.2, -0.15) is 8.78 Å². The number of ether oxygens (including phenoxy) is 1. The first-order valence-corrected chi connectivity index (χ1v) is 3.93. The van der Waals surface area contributed by atoms with Gasteiger partial charge in [-0.05, 0) is 13.0 Å². The third-order valence-electron chi connectivity index (χ3n) is 1.66. The number of alkyl halides is 2. The predicted molar refractivity (Wildman–Crippen MR) is 44.3 cm³/mol. The second-order valence-corrected chi connectivity index (χ2v) is 2.78. The quantitative estimate of drug-likeness (QED) is 0.519. The molecule has 0 amide bonds. The van der Waals surface area contributed by atoms with E-state index in [1.807, 2.05) is 0 Å². The van der Waals surface area contributed by atoms with Crippen LogP contribution in [0.25, 0.3) is 0 Å². The number of hydrogen-bond acceptors (Lipinski definition) is 2. The van der Waals surface area contributed by atoms with Gasteiger partial charge in [0, 0.05) is 5.69 Å². The molecule has 9 heteroatoms. The minimum Gasteiger partial charge on any atom is -0.445 e. The molecule has 0 spiro atoms. The first kappa shape index (κ1) is 16.3. The maximum atomic E-state index is 12.3. The zero-order chi connectivity index (χ0) is 11.6. The van der Waals surface area contributed by atoms with E-state index in [0.717, 1.165) is 13.0 Å². The molecular formula is C7H6BF5KNO. The molecule has 0 unspecified atom stereocenters. The largest absolute Gasteiger partial charge is 1.00 e. The van der Waals surface area contributed by atoms with Gasteiger partial charge in [-0.1, -0.05) is 11.5 Å². The Hall–Kier alpha value is 0.301. The van der Waals surface area contributed by atoms with Crippen LogP contribution < -0.4 is 61.6 Å². The fourth-order valence-corrected chi connectivity index (χ4v) is 1.05. The second-order valence-electron chi connectivity index (χ2n) is 2.78. The van der Waals surface area contributed by atoms with Crippen LogP contribution in [0.3, 0.4) is 0 Å². The number of aryl methyl sites for hydroxylation is 1. The van der Waals surface area contributed by atoms with Crippen molar-refractivity contribution in [2.45, 2.75) is 13.5 Å². The monoisotopic (exact) mass is 265 g/mol. The molecule has 0 aliphatic carbocycles. The van der Waals surface area contributed by atoms with Crippen molar-refractivity contribution in [2.75, 3.05) is 0 Å². The fourth-order valence-electron chi connectivity index (χ4n) is 1.05. The number of nitrogens with zero attached hydrogens (tertiary/aromatic N) is 1. The molecule has 0 saturated carbocycles. The van der Waals surface area contributed by atoms with Crippen molar-refractivity contribution >= 4 is 12.4 Å². The van der Waals surface area contributed by atoms with E-state index in [0.29, 0.717) is 6.07 Å². The molecule has 0 aliphatic heterocycles. The average molecular weight is 265 g/mol. The molecular weight excluding hydrogens is 259 g/mol. The van der Waals surface area contributed by atoms with Gasteiger partial charge in [0.1, 0.15) is 0 Å². The number of aromatic nitrogens is 1. The van der Waals surface area contributed by atoms with Gasteiger partial charge in [0.2, 0.25) is 5.88 Å². The first-order valence-electron chi connectivity index (χ1n) is 3.93. The van der Waals surface area contributed by atoms with Crippen molar-refractivity contribution in [3.8, 4) is 5.88 Å². The molecule has 0 aliphatic rings. The summed E-state index contributed by atoms with van der Waals surface area (Å²) in [6, 6.07) is 1.45. The average Bonchev–Trinajstić information content (AvgIpc) is 1.99. The molecule has 1 aromatic heterocycles. The van der Waals surface area contributed by atoms with Crippen molar-refractivity contribution in [1.29, 1.82) is 0 Å². The standard InChI is InChI=1S/C7H6BF5NO.K/c1-4-5(8(11,12)13)2-3-6(14-4)15-7(9)10;/h2-3,7H,1H3;/q-1;+1. The molecule has 0 radical (unpaired) electrons. The van der Waals surface area contributed by atoms with Crippen LogP contribution in [-0.4, -0.2) is 18.6 Å². The van der Waals surface area contributed by atoms with Crippen molar-refractivity contribution in [1.82, 2.24) is 4.98 Å². The van der Waals surface area contributed by atoms with Crippen molar-refractivity contribution < 1.29 is 77.8 Å². The molecule has 0 fully saturated rings. The van der Waals surface area contributed by atoms with Gasteiger partial charge in [-0.3, -0.25) is 0 Å². The summed E-state index contributed by atoms with van der Waals surface area (Å²) in [4.78, 5) is 3.27. The van der Waals surface area contributed by atoms with Crippen LogP contribution in [0, 0.1) is 6.92 Å². The molecule has 0 N–H and O–H groups in total. The predicted octanol–water partition coefficient (Wildman–Crippen LogP) is -0.950. The summed E-state index contributed by atoms with van der Waals surface area (Å²) in [7, 11) is 0. The summed E-state index contributed by atoms with van der Waals surface area (Å²) in [5.74, 6) is -0.522. The third-order valence-corrected chi connectivity index (χ3v) is 1.66. The van der Waals surface area contributed by atoms with Crippen LogP contribution in [0.1, 0.15) is 5.69 Å². The van der Waals surface area contributed by atoms with Gasteiger partial charge in [0.15, 0.2) is 0 Å². The van der Waals surface area contributed by atoms with E-state index in [4.69, 9.17) is 0 Å². The summed E-state index contributed by atoms with van der Waals surface area (Å²) in [6.45, 7) is -7.19. The molecule has 1 rings (SSSR count). The SMILES string of the molecule is Cc1nc(OC(F)F)ccc1[B-](F)(F)F.[K+]. The number of hydrogen-bond donors (Lipinski definition) is 0. The van der Waals surface area contributed by atoms with Gasteiger partial charge < -0.3 is 17.7 Å². The Kier molecular flexibility index (Phi) is 6.41. The van der Waals surface area contributed by atoms with Gasteiger partial charge >= 0.3 is 65.0 Å². The Balaban J connectivity index is 0.00000225. The van der Waals surface area contributed by atoms with Gasteiger partial charge in [-0.15, -0.1) is 0 Å². The molecule has 1 aromatic rings. The van der Waals surface area contributed by atoms with Crippen LogP contribution in [0.5, 0.6) is 5.88 Å². The Morgan fingerprint density at radius 1 is 1.25 bits per heavy atom. The van der Waals surface area contributed by atoms with Crippen molar-refractivity contribution in [3.63, 3.8) is 0 Å². The van der Waals surface area contributed by atoms with Crippen LogP contribution in [0.15, 0.2) is 12.1 Å². The molecule has 0 bridgehead atoms. The molecule has 0 aromatic carbocycles. The number of rotatable bonds is 3. The van der Waals surface area contributed by atoms with E-state index >= 15 is 0 Å². The molecule has 84 valence electrons. The van der Waals surface area contributed by atoms with Crippen LogP contribution in [0.2, 0.25) is 0 Å². The van der Waals surface area contributed by atoms with Crippen LogP contribution in [0.4, 0.5) is 21.7 Å². The smallest absolute Gasteiger partial charge is 0.445 e. The first-order chi connectivity index (χ1) is 6.80. The Morgan fingerprint density at radius 2 is 1.81 bits per heavy atom. The normalized spacial score (nSPS) is 11.2. The molecule has 2 nitrogen and oxygen atoms in total. The maximum Gasteiger partial charge on any atom is 1.00 e. The summed E-state index contributed by atoms with van der Waals surface area (Å²) in [6.07, 6.45) is 0. The Bertz CT molecular complexity index is 359. The van der Waals surface area contributed by atoms with E-state index in [9.17, 15) is 21.7 Å². The van der Waals surface area contributed by atoms with Crippen LogP contribution in [-0.2, 0) is 0 Å². The van der Waals surface area contributed by atoms with Gasteiger partial charge in [0.05, 0.1) is 0 Å². The molecule has 16 heavy (non-hydrogen) atoms. The second kappa shape index (κ2) is 6.29. The minimum absolute atomic E-state index is 0. The minimum atomic E-state index is -5.17. The summed E-state index contributed by atoms with van der Waals surface area (Å²) in [5, 5.41) is 0. The Morgan fingerprint density at radius 3 is 2.19 bits per heavy atom. The van der Waals surface area contributed by atoms with Crippen molar-refractivity contribution in [2.24, 2.45) is 0 Å². The van der Waals surface area contributed by atoms with Gasteiger partial charge in [-0.25, -0.2) is 4.98 Å². The number of halogens is 5. The van der Waals surface area contributed by atoms with E-state index in [-0.39, 0.29) is 57.1 Å². The summed E-state index contributed by atoms with van der Waals surface area (Å²) in [5.41, 5.74) is -1.28. The topological polar surface area (TPSA) is 22.1 Å². The van der Waals surface area contributed by atoms with E-state index < -0.39 is 24.9 Å². The maximum absolute atomic E-state index is 12.3. The number of pyridine rings is 1. The zero-order valence-corrected chi connectivity index (χ0v) is 11.7. The third kappa shape index (κ3) is 4.66. The summed E-state index contributed by atoms with van der Waals surface area (Å²) >= 11 is 0. The van der Waals surface area contributed by atoms with E-state index in [2.05, 4.69) is 9.72 Å². The van der Waals surface area contributed by atoms with Gasteiger partial charge in [0.25, 0.3) is 0 Å². The summed E-state index contributed by atoms with van der Waals surface area (Å²) < 4.78 is 64.1. The molecule has 0 atom stereocenters. The fraction of sp³-hybridized carbons (Fsp3) is 0.286. The Labute approximate surface area is 131 Å². The van der Waals surface area contributed by atoms with E-state index in [1.165, 1.54) is 0 Å². The van der Waals surface area contributed by atoms with E-state index in [1.54, 1.807) is 0 Å². The molecule has 0 saturated heterocycles. The molecule has 1 heterocycles.